The zero-order chi connectivity index (χ0) is 16.2. The lowest BCUT2D eigenvalue weighted by Gasteiger charge is -2.34. The molecule has 2 heterocycles. The lowest BCUT2D eigenvalue weighted by Crippen LogP contribution is -2.46. The van der Waals surface area contributed by atoms with Gasteiger partial charge >= 0.3 is 0 Å². The van der Waals surface area contributed by atoms with Crippen LogP contribution < -0.4 is 10.2 Å². The first-order valence-electron chi connectivity index (χ1n) is 7.98. The monoisotopic (exact) mass is 331 g/mol. The number of anilines is 3. The minimum Gasteiger partial charge on any atom is -0.354 e. The topological polar surface area (TPSA) is 44.3 Å². The molecule has 1 aliphatic rings. The molecule has 1 aromatic heterocycles. The summed E-state index contributed by atoms with van der Waals surface area (Å²) < 4.78 is 0. The van der Waals surface area contributed by atoms with E-state index < -0.39 is 0 Å². The molecule has 3 rings (SSSR count). The minimum atomic E-state index is 0.741. The Kier molecular flexibility index (Phi) is 4.98. The third kappa shape index (κ3) is 3.92. The van der Waals surface area contributed by atoms with Crippen molar-refractivity contribution >= 4 is 28.9 Å². The molecule has 1 aliphatic heterocycles. The van der Waals surface area contributed by atoms with Gasteiger partial charge in [0.25, 0.3) is 0 Å². The third-order valence-electron chi connectivity index (χ3n) is 4.25. The Morgan fingerprint density at radius 1 is 1.13 bits per heavy atom. The van der Waals surface area contributed by atoms with E-state index in [0.717, 1.165) is 60.6 Å². The molecule has 0 amide bonds. The third-order valence-corrected chi connectivity index (χ3v) is 4.48. The summed E-state index contributed by atoms with van der Waals surface area (Å²) in [6, 6.07) is 7.80. The number of rotatable bonds is 4. The molecule has 1 saturated heterocycles. The summed E-state index contributed by atoms with van der Waals surface area (Å²) >= 11 is 6.01. The van der Waals surface area contributed by atoms with Crippen molar-refractivity contribution in [3.8, 4) is 0 Å². The molecule has 6 heteroatoms. The summed E-state index contributed by atoms with van der Waals surface area (Å²) in [4.78, 5) is 13.5. The lowest BCUT2D eigenvalue weighted by molar-refractivity contribution is 0.270. The van der Waals surface area contributed by atoms with E-state index in [4.69, 9.17) is 11.6 Å². The van der Waals surface area contributed by atoms with E-state index in [0.29, 0.717) is 0 Å². The van der Waals surface area contributed by atoms with Crippen LogP contribution >= 0.6 is 11.6 Å². The maximum absolute atomic E-state index is 6.01. The van der Waals surface area contributed by atoms with E-state index in [9.17, 15) is 0 Å². The lowest BCUT2D eigenvalue weighted by atomic mass is 10.2. The molecule has 0 unspecified atom stereocenters. The molecule has 1 fully saturated rings. The van der Waals surface area contributed by atoms with Gasteiger partial charge < -0.3 is 15.1 Å². The van der Waals surface area contributed by atoms with Crippen LogP contribution in [-0.2, 0) is 0 Å². The van der Waals surface area contributed by atoms with Crippen LogP contribution in [0.1, 0.15) is 12.5 Å². The van der Waals surface area contributed by atoms with E-state index in [2.05, 4.69) is 32.0 Å². The first-order valence-corrected chi connectivity index (χ1v) is 8.36. The molecule has 1 N–H and O–H groups in total. The van der Waals surface area contributed by atoms with Crippen LogP contribution in [0.2, 0.25) is 5.02 Å². The number of aromatic nitrogens is 2. The zero-order valence-electron chi connectivity index (χ0n) is 13.6. The average molecular weight is 332 g/mol. The number of halogens is 1. The fourth-order valence-corrected chi connectivity index (χ4v) is 3.01. The Hall–Kier alpha value is -1.85. The number of likely N-dealkylation sites (N-methyl/N-ethyl adjacent to an activating group) is 1. The fraction of sp³-hybridized carbons (Fsp3) is 0.412. The molecule has 1 aromatic carbocycles. The maximum atomic E-state index is 6.01. The summed E-state index contributed by atoms with van der Waals surface area (Å²) in [5.41, 5.74) is 2.10. The zero-order valence-corrected chi connectivity index (χ0v) is 14.3. The second-order valence-electron chi connectivity index (χ2n) is 5.77. The summed E-state index contributed by atoms with van der Waals surface area (Å²) in [5, 5.41) is 4.09. The van der Waals surface area contributed by atoms with Crippen LogP contribution in [0.3, 0.4) is 0 Å². The van der Waals surface area contributed by atoms with Crippen molar-refractivity contribution in [1.29, 1.82) is 0 Å². The smallest absolute Gasteiger partial charge is 0.135 e. The van der Waals surface area contributed by atoms with Crippen LogP contribution in [0.25, 0.3) is 0 Å². The van der Waals surface area contributed by atoms with Crippen molar-refractivity contribution < 1.29 is 0 Å². The highest BCUT2D eigenvalue weighted by Gasteiger charge is 2.17. The first-order chi connectivity index (χ1) is 11.2. The van der Waals surface area contributed by atoms with Crippen molar-refractivity contribution in [1.82, 2.24) is 14.9 Å². The molecule has 122 valence electrons. The van der Waals surface area contributed by atoms with Crippen LogP contribution in [-0.4, -0.2) is 47.6 Å². The SMILES string of the molecule is CCN1CCN(c2cc(Nc3ccc(Cl)cc3C)ncn2)CC1. The van der Waals surface area contributed by atoms with Crippen molar-refractivity contribution in [2.45, 2.75) is 13.8 Å². The number of benzene rings is 1. The van der Waals surface area contributed by atoms with Gasteiger partial charge in [-0.05, 0) is 37.2 Å². The van der Waals surface area contributed by atoms with E-state index in [-0.39, 0.29) is 0 Å². The number of nitrogens with zero attached hydrogens (tertiary/aromatic N) is 4. The molecule has 23 heavy (non-hydrogen) atoms. The van der Waals surface area contributed by atoms with E-state index >= 15 is 0 Å². The van der Waals surface area contributed by atoms with Crippen molar-refractivity contribution in [2.24, 2.45) is 0 Å². The van der Waals surface area contributed by atoms with Crippen molar-refractivity contribution in [3.63, 3.8) is 0 Å². The molecule has 0 aliphatic carbocycles. The molecule has 5 nitrogen and oxygen atoms in total. The fourth-order valence-electron chi connectivity index (χ4n) is 2.79. The normalized spacial score (nSPS) is 15.7. The Morgan fingerprint density at radius 2 is 1.91 bits per heavy atom. The molecular formula is C17H22ClN5. The van der Waals surface area contributed by atoms with Gasteiger partial charge in [-0.15, -0.1) is 0 Å². The molecule has 0 saturated carbocycles. The van der Waals surface area contributed by atoms with Gasteiger partial charge in [0.05, 0.1) is 0 Å². The standard InChI is InChI=1S/C17H22ClN5/c1-3-22-6-8-23(9-7-22)17-11-16(19-12-20-17)21-15-5-4-14(18)10-13(15)2/h4-5,10-12H,3,6-9H2,1-2H3,(H,19,20,21). The van der Waals surface area contributed by atoms with Gasteiger partial charge in [-0.25, -0.2) is 9.97 Å². The van der Waals surface area contributed by atoms with Gasteiger partial charge in [-0.1, -0.05) is 18.5 Å². The number of piperazine rings is 1. The molecule has 2 aromatic rings. The average Bonchev–Trinajstić information content (AvgIpc) is 2.58. The van der Waals surface area contributed by atoms with E-state index in [1.165, 1.54) is 0 Å². The van der Waals surface area contributed by atoms with Crippen LogP contribution in [0.4, 0.5) is 17.3 Å². The predicted octanol–water partition coefficient (Wildman–Crippen LogP) is 3.32. The van der Waals surface area contributed by atoms with E-state index in [1.807, 2.05) is 31.2 Å². The highest BCUT2D eigenvalue weighted by molar-refractivity contribution is 6.30. The van der Waals surface area contributed by atoms with Crippen molar-refractivity contribution in [3.05, 3.63) is 41.2 Å². The Morgan fingerprint density at radius 3 is 2.61 bits per heavy atom. The van der Waals surface area contributed by atoms with Gasteiger partial charge in [0.15, 0.2) is 0 Å². The molecule has 0 spiro atoms. The van der Waals surface area contributed by atoms with Crippen LogP contribution in [0, 0.1) is 6.92 Å². The second-order valence-corrected chi connectivity index (χ2v) is 6.20. The first kappa shape index (κ1) is 16.0. The minimum absolute atomic E-state index is 0.741. The molecule has 0 bridgehead atoms. The molecule has 0 atom stereocenters. The van der Waals surface area contributed by atoms with E-state index in [1.54, 1.807) is 6.33 Å². The van der Waals surface area contributed by atoms with Gasteiger partial charge in [0.1, 0.15) is 18.0 Å². The summed E-state index contributed by atoms with van der Waals surface area (Å²) in [6.07, 6.45) is 1.62. The van der Waals surface area contributed by atoms with Crippen LogP contribution in [0.5, 0.6) is 0 Å². The summed E-state index contributed by atoms with van der Waals surface area (Å²) in [6.45, 7) is 9.52. The maximum Gasteiger partial charge on any atom is 0.135 e. The van der Waals surface area contributed by atoms with Gasteiger partial charge in [0.2, 0.25) is 0 Å². The van der Waals surface area contributed by atoms with Gasteiger partial charge in [-0.2, -0.15) is 0 Å². The molecule has 0 radical (unpaired) electrons. The Bertz CT molecular complexity index is 668. The predicted molar refractivity (Wildman–Crippen MR) is 95.8 cm³/mol. The largest absolute Gasteiger partial charge is 0.354 e. The summed E-state index contributed by atoms with van der Waals surface area (Å²) in [5.74, 6) is 1.78. The number of nitrogens with one attached hydrogen (secondary N) is 1. The van der Waals surface area contributed by atoms with Crippen LogP contribution in [0.15, 0.2) is 30.6 Å². The van der Waals surface area contributed by atoms with Gasteiger partial charge in [0, 0.05) is 43.0 Å². The highest BCUT2D eigenvalue weighted by Crippen LogP contribution is 2.24. The number of hydrogen-bond acceptors (Lipinski definition) is 5. The Labute approximate surface area is 142 Å². The van der Waals surface area contributed by atoms with Gasteiger partial charge in [-0.3, -0.25) is 0 Å². The number of aryl methyl sites for hydroxylation is 1. The molecular weight excluding hydrogens is 310 g/mol. The second kappa shape index (κ2) is 7.15. The number of hydrogen-bond donors (Lipinski definition) is 1. The summed E-state index contributed by atoms with van der Waals surface area (Å²) in [7, 11) is 0. The highest BCUT2D eigenvalue weighted by atomic mass is 35.5. The Balaban J connectivity index is 1.72. The quantitative estimate of drug-likeness (QED) is 0.931. The van der Waals surface area contributed by atoms with Crippen molar-refractivity contribution in [2.75, 3.05) is 42.9 Å².